The fourth-order valence-corrected chi connectivity index (χ4v) is 2.76. The standard InChI is InChI=1S/C21H15FN2O2/c22-17-7-4-8-18(13-17)23-21(24-25)15-9-10-19-16(11-15)12-20(26-19)14-5-2-1-3-6-14/h1-13,25H,(H,23,24). The lowest BCUT2D eigenvalue weighted by molar-refractivity contribution is 0.235. The molecule has 0 bridgehead atoms. The average Bonchev–Trinajstić information content (AvgIpc) is 3.10. The van der Waals surface area contributed by atoms with E-state index >= 15 is 0 Å². The van der Waals surface area contributed by atoms with Crippen LogP contribution in [0.4, 0.5) is 10.1 Å². The van der Waals surface area contributed by atoms with E-state index in [0.717, 1.165) is 22.3 Å². The first-order valence-electron chi connectivity index (χ1n) is 8.07. The third-order valence-electron chi connectivity index (χ3n) is 4.00. The molecule has 26 heavy (non-hydrogen) atoms. The molecule has 0 aliphatic heterocycles. The van der Waals surface area contributed by atoms with Crippen LogP contribution in [-0.4, -0.2) is 11.0 Å². The molecule has 0 aliphatic rings. The highest BCUT2D eigenvalue weighted by Crippen LogP contribution is 2.28. The predicted molar refractivity (Wildman–Crippen MR) is 99.2 cm³/mol. The zero-order valence-corrected chi connectivity index (χ0v) is 13.7. The Hall–Kier alpha value is -3.44. The van der Waals surface area contributed by atoms with Gasteiger partial charge in [-0.2, -0.15) is 0 Å². The fourth-order valence-electron chi connectivity index (χ4n) is 2.76. The monoisotopic (exact) mass is 346 g/mol. The van der Waals surface area contributed by atoms with E-state index in [4.69, 9.17) is 4.42 Å². The van der Waals surface area contributed by atoms with Crippen molar-refractivity contribution in [3.05, 3.63) is 90.2 Å². The second-order valence-corrected chi connectivity index (χ2v) is 5.78. The molecule has 2 N–H and O–H groups in total. The minimum atomic E-state index is -0.388. The normalized spacial score (nSPS) is 11.7. The van der Waals surface area contributed by atoms with Crippen LogP contribution in [0.1, 0.15) is 5.56 Å². The summed E-state index contributed by atoms with van der Waals surface area (Å²) in [7, 11) is 0. The van der Waals surface area contributed by atoms with Crippen LogP contribution in [0.25, 0.3) is 22.3 Å². The van der Waals surface area contributed by atoms with Gasteiger partial charge in [0.15, 0.2) is 5.84 Å². The summed E-state index contributed by atoms with van der Waals surface area (Å²) in [5.41, 5.74) is 4.86. The van der Waals surface area contributed by atoms with Gasteiger partial charge in [-0.05, 0) is 42.5 Å². The predicted octanol–water partition coefficient (Wildman–Crippen LogP) is 5.30. The van der Waals surface area contributed by atoms with Gasteiger partial charge in [-0.15, -0.1) is 0 Å². The van der Waals surface area contributed by atoms with E-state index in [-0.39, 0.29) is 11.7 Å². The summed E-state index contributed by atoms with van der Waals surface area (Å²) >= 11 is 0. The molecule has 4 aromatic rings. The van der Waals surface area contributed by atoms with Crippen LogP contribution < -0.4 is 5.48 Å². The summed E-state index contributed by atoms with van der Waals surface area (Å²) in [6.07, 6.45) is 0. The van der Waals surface area contributed by atoms with Crippen molar-refractivity contribution in [3.63, 3.8) is 0 Å². The Morgan fingerprint density at radius 3 is 2.54 bits per heavy atom. The van der Waals surface area contributed by atoms with E-state index in [1.54, 1.807) is 18.2 Å². The summed E-state index contributed by atoms with van der Waals surface area (Å²) in [4.78, 5) is 4.26. The molecule has 5 heteroatoms. The van der Waals surface area contributed by atoms with Gasteiger partial charge < -0.3 is 4.42 Å². The Kier molecular flexibility index (Phi) is 4.21. The number of amidine groups is 1. The Morgan fingerprint density at radius 2 is 1.77 bits per heavy atom. The number of aliphatic imine (C=N–C) groups is 1. The summed E-state index contributed by atoms with van der Waals surface area (Å²) in [6.45, 7) is 0. The lowest BCUT2D eigenvalue weighted by atomic mass is 10.1. The molecule has 0 aliphatic carbocycles. The van der Waals surface area contributed by atoms with Gasteiger partial charge in [-0.3, -0.25) is 10.7 Å². The molecule has 0 amide bonds. The molecule has 3 aromatic carbocycles. The molecule has 0 saturated carbocycles. The van der Waals surface area contributed by atoms with Crippen LogP contribution in [0.15, 0.2) is 88.3 Å². The number of nitrogens with zero attached hydrogens (tertiary/aromatic N) is 1. The minimum absolute atomic E-state index is 0.222. The number of hydroxylamine groups is 1. The van der Waals surface area contributed by atoms with Gasteiger partial charge in [0.2, 0.25) is 0 Å². The highest BCUT2D eigenvalue weighted by Gasteiger charge is 2.09. The number of hydrogen-bond acceptors (Lipinski definition) is 3. The van der Waals surface area contributed by atoms with Gasteiger partial charge >= 0.3 is 0 Å². The van der Waals surface area contributed by atoms with E-state index in [0.29, 0.717) is 11.3 Å². The maximum absolute atomic E-state index is 13.3. The lowest BCUT2D eigenvalue weighted by Gasteiger charge is -2.05. The van der Waals surface area contributed by atoms with Crippen LogP contribution in [-0.2, 0) is 0 Å². The maximum atomic E-state index is 13.3. The van der Waals surface area contributed by atoms with Crippen LogP contribution in [0, 0.1) is 5.82 Å². The van der Waals surface area contributed by atoms with Crippen molar-refractivity contribution in [2.24, 2.45) is 4.99 Å². The Bertz CT molecular complexity index is 1090. The summed E-state index contributed by atoms with van der Waals surface area (Å²) < 4.78 is 19.2. The van der Waals surface area contributed by atoms with Crippen molar-refractivity contribution in [1.82, 2.24) is 5.48 Å². The number of rotatable bonds is 3. The third-order valence-corrected chi connectivity index (χ3v) is 4.00. The van der Waals surface area contributed by atoms with Crippen LogP contribution in [0.3, 0.4) is 0 Å². The zero-order chi connectivity index (χ0) is 17.9. The summed E-state index contributed by atoms with van der Waals surface area (Å²) in [5.74, 6) is 0.597. The SMILES string of the molecule is ONC(=Nc1cccc(F)c1)c1ccc2oc(-c3ccccc3)cc2c1. The number of fused-ring (bicyclic) bond motifs is 1. The highest BCUT2D eigenvalue weighted by atomic mass is 19.1. The van der Waals surface area contributed by atoms with Gasteiger partial charge in [0.25, 0.3) is 0 Å². The van der Waals surface area contributed by atoms with Gasteiger partial charge in [-0.25, -0.2) is 9.38 Å². The molecular weight excluding hydrogens is 331 g/mol. The van der Waals surface area contributed by atoms with Crippen LogP contribution in [0.5, 0.6) is 0 Å². The van der Waals surface area contributed by atoms with Crippen LogP contribution >= 0.6 is 0 Å². The molecule has 0 saturated heterocycles. The second kappa shape index (κ2) is 6.82. The Labute approximate surface area is 149 Å². The quantitative estimate of drug-likeness (QED) is 0.301. The fraction of sp³-hybridized carbons (Fsp3) is 0. The van der Waals surface area contributed by atoms with Gasteiger partial charge in [0.1, 0.15) is 17.2 Å². The molecular formula is C21H15FN2O2. The summed E-state index contributed by atoms with van der Waals surface area (Å²) in [5, 5.41) is 10.3. The van der Waals surface area contributed by atoms with Crippen molar-refractivity contribution < 1.29 is 14.0 Å². The van der Waals surface area contributed by atoms with Crippen molar-refractivity contribution >= 4 is 22.5 Å². The minimum Gasteiger partial charge on any atom is -0.456 e. The van der Waals surface area contributed by atoms with Gasteiger partial charge in [0.05, 0.1) is 5.69 Å². The van der Waals surface area contributed by atoms with E-state index in [1.807, 2.05) is 48.5 Å². The van der Waals surface area contributed by atoms with Crippen molar-refractivity contribution in [3.8, 4) is 11.3 Å². The molecule has 0 unspecified atom stereocenters. The van der Waals surface area contributed by atoms with Gasteiger partial charge in [0, 0.05) is 16.5 Å². The highest BCUT2D eigenvalue weighted by molar-refractivity contribution is 6.02. The first-order valence-corrected chi connectivity index (χ1v) is 8.07. The molecule has 0 atom stereocenters. The molecule has 0 spiro atoms. The number of furan rings is 1. The Morgan fingerprint density at radius 1 is 0.923 bits per heavy atom. The zero-order valence-electron chi connectivity index (χ0n) is 13.7. The number of halogens is 1. The number of nitrogens with one attached hydrogen (secondary N) is 1. The van der Waals surface area contributed by atoms with Crippen molar-refractivity contribution in [2.45, 2.75) is 0 Å². The van der Waals surface area contributed by atoms with Gasteiger partial charge in [-0.1, -0.05) is 36.4 Å². The first-order chi connectivity index (χ1) is 12.7. The van der Waals surface area contributed by atoms with E-state index in [1.165, 1.54) is 12.1 Å². The van der Waals surface area contributed by atoms with E-state index < -0.39 is 0 Å². The first kappa shape index (κ1) is 16.1. The third kappa shape index (κ3) is 3.20. The van der Waals surface area contributed by atoms with E-state index in [9.17, 15) is 9.60 Å². The molecule has 1 aromatic heterocycles. The smallest absolute Gasteiger partial charge is 0.157 e. The molecule has 4 rings (SSSR count). The second-order valence-electron chi connectivity index (χ2n) is 5.78. The maximum Gasteiger partial charge on any atom is 0.157 e. The molecule has 0 radical (unpaired) electrons. The topological polar surface area (TPSA) is 57.8 Å². The van der Waals surface area contributed by atoms with Crippen LogP contribution in [0.2, 0.25) is 0 Å². The molecule has 0 fully saturated rings. The molecule has 4 nitrogen and oxygen atoms in total. The lowest BCUT2D eigenvalue weighted by Crippen LogP contribution is -2.19. The van der Waals surface area contributed by atoms with E-state index in [2.05, 4.69) is 10.5 Å². The Balaban J connectivity index is 1.74. The van der Waals surface area contributed by atoms with Crippen molar-refractivity contribution in [1.29, 1.82) is 0 Å². The summed E-state index contributed by atoms with van der Waals surface area (Å²) in [6, 6.07) is 23.0. The number of benzene rings is 3. The molecule has 1 heterocycles. The average molecular weight is 346 g/mol. The largest absolute Gasteiger partial charge is 0.456 e. The number of hydrogen-bond donors (Lipinski definition) is 2. The van der Waals surface area contributed by atoms with Crippen molar-refractivity contribution in [2.75, 3.05) is 0 Å². The molecule has 128 valence electrons.